The minimum Gasteiger partial charge on any atom is -0.383 e. The second kappa shape index (κ2) is 8.03. The highest BCUT2D eigenvalue weighted by molar-refractivity contribution is 5.74. The highest BCUT2D eigenvalue weighted by Crippen LogP contribution is 2.03. The van der Waals surface area contributed by atoms with Crippen molar-refractivity contribution in [1.82, 2.24) is 30.0 Å². The van der Waals surface area contributed by atoms with E-state index < -0.39 is 5.69 Å². The first-order chi connectivity index (χ1) is 11.1. The first-order valence-corrected chi connectivity index (χ1v) is 7.23. The quantitative estimate of drug-likeness (QED) is 0.339. The number of carbonyl (C=O) groups is 1. The maximum atomic E-state index is 11.6. The Morgan fingerprint density at radius 1 is 1.35 bits per heavy atom. The predicted octanol–water partition coefficient (Wildman–Crippen LogP) is -0.469. The van der Waals surface area contributed by atoms with Crippen LogP contribution in [-0.2, 0) is 17.9 Å². The van der Waals surface area contributed by atoms with E-state index >= 15 is 0 Å². The first kappa shape index (κ1) is 16.6. The molecule has 10 nitrogen and oxygen atoms in total. The lowest BCUT2D eigenvalue weighted by Gasteiger charge is -2.02. The number of aromatic nitrogens is 5. The van der Waals surface area contributed by atoms with Crippen LogP contribution in [0, 0.1) is 0 Å². The Morgan fingerprint density at radius 3 is 2.91 bits per heavy atom. The van der Waals surface area contributed by atoms with Crippen molar-refractivity contribution in [2.75, 3.05) is 5.73 Å². The molecule has 23 heavy (non-hydrogen) atoms. The summed E-state index contributed by atoms with van der Waals surface area (Å²) in [6.07, 6.45) is 6.00. The molecule has 0 aliphatic heterocycles. The molecule has 0 atom stereocenters. The van der Waals surface area contributed by atoms with Gasteiger partial charge in [-0.2, -0.15) is 4.98 Å². The lowest BCUT2D eigenvalue weighted by Crippen LogP contribution is -2.23. The smallest absolute Gasteiger partial charge is 0.349 e. The van der Waals surface area contributed by atoms with E-state index in [2.05, 4.69) is 15.3 Å². The molecular formula is C13H19N7O3. The fourth-order valence-electron chi connectivity index (χ4n) is 2.05. The molecule has 0 spiro atoms. The molecule has 0 saturated carbocycles. The maximum Gasteiger partial charge on any atom is 0.349 e. The summed E-state index contributed by atoms with van der Waals surface area (Å²) in [6, 6.07) is 1.55. The zero-order valence-corrected chi connectivity index (χ0v) is 12.6. The highest BCUT2D eigenvalue weighted by Gasteiger charge is 2.05. The second-order valence-corrected chi connectivity index (χ2v) is 5.08. The van der Waals surface area contributed by atoms with Crippen molar-refractivity contribution < 1.29 is 10.0 Å². The van der Waals surface area contributed by atoms with Crippen LogP contribution in [0.15, 0.2) is 23.3 Å². The second-order valence-electron chi connectivity index (χ2n) is 5.08. The van der Waals surface area contributed by atoms with Crippen molar-refractivity contribution in [3.63, 3.8) is 0 Å². The first-order valence-electron chi connectivity index (χ1n) is 7.23. The number of unbranched alkanes of at least 4 members (excludes halogenated alkanes) is 2. The number of aryl methyl sites for hydroxylation is 1. The van der Waals surface area contributed by atoms with Gasteiger partial charge in [-0.05, 0) is 18.9 Å². The fourth-order valence-corrected chi connectivity index (χ4v) is 2.05. The van der Waals surface area contributed by atoms with Gasteiger partial charge in [-0.1, -0.05) is 11.6 Å². The zero-order chi connectivity index (χ0) is 16.7. The van der Waals surface area contributed by atoms with E-state index in [1.807, 2.05) is 0 Å². The van der Waals surface area contributed by atoms with Crippen LogP contribution >= 0.6 is 0 Å². The number of nitrogens with one attached hydrogen (secondary N) is 1. The zero-order valence-electron chi connectivity index (χ0n) is 12.6. The average Bonchev–Trinajstić information content (AvgIpc) is 2.97. The summed E-state index contributed by atoms with van der Waals surface area (Å²) in [6.45, 7) is 0.950. The van der Waals surface area contributed by atoms with Crippen LogP contribution in [0.3, 0.4) is 0 Å². The molecule has 0 aromatic carbocycles. The highest BCUT2D eigenvalue weighted by atomic mass is 16.5. The van der Waals surface area contributed by atoms with E-state index in [9.17, 15) is 9.59 Å². The van der Waals surface area contributed by atoms with Gasteiger partial charge in [-0.3, -0.25) is 19.3 Å². The minimum atomic E-state index is -0.429. The summed E-state index contributed by atoms with van der Waals surface area (Å²) in [4.78, 5) is 26.1. The number of nitrogens with two attached hydrogens (primary N) is 1. The molecule has 0 saturated heterocycles. The standard InChI is InChI=1S/C13H19N7O3/c14-11-5-7-19(13(22)15-11)8-10-9-20(18-16-10)6-3-1-2-4-12(21)17-23/h5,7,9,23H,1-4,6,8H2,(H,17,21)(H2,14,15,22). The number of carbonyl (C=O) groups excluding carboxylic acids is 1. The molecule has 2 heterocycles. The number of hydrogen-bond acceptors (Lipinski definition) is 7. The molecule has 1 amide bonds. The summed E-state index contributed by atoms with van der Waals surface area (Å²) in [5.74, 6) is -0.194. The van der Waals surface area contributed by atoms with Crippen molar-refractivity contribution in [2.24, 2.45) is 0 Å². The van der Waals surface area contributed by atoms with Crippen LogP contribution in [0.2, 0.25) is 0 Å². The summed E-state index contributed by atoms with van der Waals surface area (Å²) < 4.78 is 3.09. The van der Waals surface area contributed by atoms with Crippen LogP contribution in [-0.4, -0.2) is 35.7 Å². The third-order valence-corrected chi connectivity index (χ3v) is 3.23. The van der Waals surface area contributed by atoms with Gasteiger partial charge in [0.25, 0.3) is 0 Å². The van der Waals surface area contributed by atoms with E-state index in [0.29, 0.717) is 25.1 Å². The van der Waals surface area contributed by atoms with Gasteiger partial charge in [-0.25, -0.2) is 10.3 Å². The van der Waals surface area contributed by atoms with Crippen LogP contribution in [0.4, 0.5) is 5.82 Å². The van der Waals surface area contributed by atoms with Gasteiger partial charge in [0.2, 0.25) is 5.91 Å². The Balaban J connectivity index is 1.79. The summed E-state index contributed by atoms with van der Waals surface area (Å²) in [7, 11) is 0. The fraction of sp³-hybridized carbons (Fsp3) is 0.462. The number of nitrogen functional groups attached to an aromatic ring is 1. The van der Waals surface area contributed by atoms with E-state index in [1.165, 1.54) is 4.57 Å². The van der Waals surface area contributed by atoms with E-state index in [4.69, 9.17) is 10.9 Å². The molecule has 0 aliphatic rings. The average molecular weight is 321 g/mol. The Bertz CT molecular complexity index is 710. The summed E-state index contributed by atoms with van der Waals surface area (Å²) >= 11 is 0. The SMILES string of the molecule is Nc1ccn(Cc2cn(CCCCCC(=O)NO)nn2)c(=O)n1. The van der Waals surface area contributed by atoms with Crippen molar-refractivity contribution in [1.29, 1.82) is 0 Å². The Kier molecular flexibility index (Phi) is 5.80. The third-order valence-electron chi connectivity index (χ3n) is 3.23. The molecular weight excluding hydrogens is 302 g/mol. The number of rotatable bonds is 8. The van der Waals surface area contributed by atoms with Gasteiger partial charge in [0, 0.05) is 19.2 Å². The number of hydrogen-bond donors (Lipinski definition) is 3. The molecule has 0 bridgehead atoms. The minimum absolute atomic E-state index is 0.185. The molecule has 0 radical (unpaired) electrons. The molecule has 4 N–H and O–H groups in total. The maximum absolute atomic E-state index is 11.6. The lowest BCUT2D eigenvalue weighted by molar-refractivity contribution is -0.129. The third kappa shape index (κ3) is 5.18. The monoisotopic (exact) mass is 321 g/mol. The normalized spacial score (nSPS) is 10.7. The number of amides is 1. The molecule has 2 aromatic rings. The van der Waals surface area contributed by atoms with Crippen LogP contribution in [0.25, 0.3) is 0 Å². The van der Waals surface area contributed by atoms with E-state index in [1.54, 1.807) is 28.6 Å². The van der Waals surface area contributed by atoms with Gasteiger partial charge in [-0.15, -0.1) is 5.10 Å². The molecule has 0 unspecified atom stereocenters. The van der Waals surface area contributed by atoms with Crippen molar-refractivity contribution in [2.45, 2.75) is 38.8 Å². The van der Waals surface area contributed by atoms with Gasteiger partial charge in [0.1, 0.15) is 11.5 Å². The van der Waals surface area contributed by atoms with Crippen molar-refractivity contribution in [3.8, 4) is 0 Å². The van der Waals surface area contributed by atoms with E-state index in [0.717, 1.165) is 12.8 Å². The lowest BCUT2D eigenvalue weighted by atomic mass is 10.2. The Hall–Kier alpha value is -2.75. The number of anilines is 1. The van der Waals surface area contributed by atoms with Crippen LogP contribution in [0.5, 0.6) is 0 Å². The molecule has 0 fully saturated rings. The van der Waals surface area contributed by atoms with Gasteiger partial charge in [0.05, 0.1) is 12.7 Å². The van der Waals surface area contributed by atoms with E-state index in [-0.39, 0.29) is 18.3 Å². The molecule has 0 aliphatic carbocycles. The molecule has 124 valence electrons. The van der Waals surface area contributed by atoms with Crippen molar-refractivity contribution >= 4 is 11.7 Å². The summed E-state index contributed by atoms with van der Waals surface area (Å²) in [5, 5.41) is 16.4. The van der Waals surface area contributed by atoms with Crippen molar-refractivity contribution in [3.05, 3.63) is 34.6 Å². The number of nitrogens with zero attached hydrogens (tertiary/aromatic N) is 5. The molecule has 2 rings (SSSR count). The van der Waals surface area contributed by atoms with Gasteiger partial charge in [0.15, 0.2) is 0 Å². The predicted molar refractivity (Wildman–Crippen MR) is 80.4 cm³/mol. The summed E-state index contributed by atoms with van der Waals surface area (Å²) in [5.41, 5.74) is 7.26. The van der Waals surface area contributed by atoms with Gasteiger partial charge >= 0.3 is 5.69 Å². The number of hydroxylamine groups is 1. The van der Waals surface area contributed by atoms with Crippen LogP contribution in [0.1, 0.15) is 31.4 Å². The van der Waals surface area contributed by atoms with Gasteiger partial charge < -0.3 is 5.73 Å². The molecule has 10 heteroatoms. The largest absolute Gasteiger partial charge is 0.383 e. The Morgan fingerprint density at radius 2 is 2.17 bits per heavy atom. The van der Waals surface area contributed by atoms with Crippen LogP contribution < -0.4 is 16.9 Å². The Labute approximate surface area is 131 Å². The molecule has 2 aromatic heterocycles. The topological polar surface area (TPSA) is 141 Å².